The summed E-state index contributed by atoms with van der Waals surface area (Å²) in [5, 5.41) is 6.62. The van der Waals surface area contributed by atoms with Crippen LogP contribution in [0.5, 0.6) is 5.75 Å². The standard InChI is InChI=1S/C18H16N4O4S/c1-10-4-7-15(11(2)8-10)27(24,25)18-16-19-17(23)13-9-12(26-3)5-6-14(13)22(16)21-20-18/h4-9,21H,1-3H3. The average Bonchev–Trinajstić information content (AvgIpc) is 3.05. The van der Waals surface area contributed by atoms with Crippen molar-refractivity contribution in [1.82, 2.24) is 19.8 Å². The highest BCUT2D eigenvalue weighted by Gasteiger charge is 2.27. The Labute approximate surface area is 154 Å². The third-order valence-corrected chi connectivity index (χ3v) is 6.23. The maximum Gasteiger partial charge on any atom is 0.281 e. The summed E-state index contributed by atoms with van der Waals surface area (Å²) in [6, 6.07) is 9.91. The van der Waals surface area contributed by atoms with Crippen LogP contribution in [0.4, 0.5) is 0 Å². The van der Waals surface area contributed by atoms with Crippen molar-refractivity contribution >= 4 is 26.4 Å². The van der Waals surface area contributed by atoms with Crippen LogP contribution in [0.1, 0.15) is 11.1 Å². The zero-order valence-electron chi connectivity index (χ0n) is 14.8. The molecule has 0 aliphatic heterocycles. The molecule has 0 aliphatic carbocycles. The molecule has 4 rings (SSSR count). The van der Waals surface area contributed by atoms with Crippen LogP contribution in [0.15, 0.2) is 51.1 Å². The van der Waals surface area contributed by atoms with Gasteiger partial charge in [0.15, 0.2) is 5.65 Å². The number of hydrogen-bond acceptors (Lipinski definition) is 6. The Balaban J connectivity index is 2.02. The molecule has 4 aromatic rings. The molecule has 0 unspecified atom stereocenters. The van der Waals surface area contributed by atoms with Crippen molar-refractivity contribution in [3.05, 3.63) is 57.9 Å². The van der Waals surface area contributed by atoms with Crippen molar-refractivity contribution < 1.29 is 13.2 Å². The highest BCUT2D eigenvalue weighted by molar-refractivity contribution is 7.91. The van der Waals surface area contributed by atoms with Gasteiger partial charge in [-0.1, -0.05) is 17.7 Å². The maximum atomic E-state index is 13.1. The molecular weight excluding hydrogens is 368 g/mol. The van der Waals surface area contributed by atoms with E-state index in [4.69, 9.17) is 4.74 Å². The summed E-state index contributed by atoms with van der Waals surface area (Å²) in [5.74, 6) is 0.504. The number of aromatic amines is 1. The number of rotatable bonds is 3. The van der Waals surface area contributed by atoms with Crippen LogP contribution in [0.2, 0.25) is 0 Å². The summed E-state index contributed by atoms with van der Waals surface area (Å²) < 4.78 is 32.8. The Morgan fingerprint density at radius 3 is 2.59 bits per heavy atom. The first-order valence-corrected chi connectivity index (χ1v) is 9.58. The minimum absolute atomic E-state index is 0.0439. The maximum absolute atomic E-state index is 13.1. The van der Waals surface area contributed by atoms with E-state index < -0.39 is 15.4 Å². The molecule has 2 aromatic carbocycles. The van der Waals surface area contributed by atoms with Gasteiger partial charge < -0.3 is 4.74 Å². The van der Waals surface area contributed by atoms with Gasteiger partial charge in [0.05, 0.1) is 22.9 Å². The summed E-state index contributed by atoms with van der Waals surface area (Å²) >= 11 is 0. The van der Waals surface area contributed by atoms with E-state index in [0.717, 1.165) is 5.56 Å². The van der Waals surface area contributed by atoms with Crippen LogP contribution in [0.25, 0.3) is 16.6 Å². The van der Waals surface area contributed by atoms with Crippen molar-refractivity contribution in [1.29, 1.82) is 0 Å². The normalized spacial score (nSPS) is 12.0. The first-order chi connectivity index (χ1) is 12.8. The van der Waals surface area contributed by atoms with Gasteiger partial charge in [0.1, 0.15) is 5.75 Å². The number of nitrogens with zero attached hydrogens (tertiary/aromatic N) is 3. The lowest BCUT2D eigenvalue weighted by atomic mass is 10.2. The molecule has 9 heteroatoms. The molecular formula is C18H16N4O4S. The molecule has 0 saturated heterocycles. The molecule has 8 nitrogen and oxygen atoms in total. The topological polar surface area (TPSA) is 106 Å². The smallest absolute Gasteiger partial charge is 0.281 e. The van der Waals surface area contributed by atoms with E-state index in [9.17, 15) is 13.2 Å². The van der Waals surface area contributed by atoms with E-state index in [2.05, 4.69) is 15.3 Å². The molecule has 2 heterocycles. The predicted octanol–water partition coefficient (Wildman–Crippen LogP) is 2.03. The van der Waals surface area contributed by atoms with Crippen LogP contribution in [0, 0.1) is 13.8 Å². The quantitative estimate of drug-likeness (QED) is 0.579. The molecule has 138 valence electrons. The number of methoxy groups -OCH3 is 1. The number of H-pyrrole nitrogens is 1. The third kappa shape index (κ3) is 2.58. The Bertz CT molecular complexity index is 1370. The number of fused-ring (bicyclic) bond motifs is 3. The lowest BCUT2D eigenvalue weighted by molar-refractivity contribution is 0.415. The van der Waals surface area contributed by atoms with Gasteiger partial charge in [-0.15, -0.1) is 5.10 Å². The van der Waals surface area contributed by atoms with Gasteiger partial charge in [-0.2, -0.15) is 4.98 Å². The SMILES string of the molecule is COc1ccc2c(c1)c(=O)nc1c(S(=O)(=O)c3ccc(C)cc3C)n[nH]n12. The summed E-state index contributed by atoms with van der Waals surface area (Å²) in [6.45, 7) is 3.60. The summed E-state index contributed by atoms with van der Waals surface area (Å²) in [7, 11) is -2.46. The fourth-order valence-corrected chi connectivity index (χ4v) is 4.58. The van der Waals surface area contributed by atoms with Gasteiger partial charge >= 0.3 is 0 Å². The number of hydrogen-bond donors (Lipinski definition) is 1. The summed E-state index contributed by atoms with van der Waals surface area (Å²) in [5.41, 5.74) is 1.41. The molecule has 0 fully saturated rings. The minimum Gasteiger partial charge on any atom is -0.497 e. The molecule has 0 bridgehead atoms. The molecule has 0 saturated carbocycles. The van der Waals surface area contributed by atoms with Crippen molar-refractivity contribution in [2.24, 2.45) is 0 Å². The number of nitrogens with one attached hydrogen (secondary N) is 1. The van der Waals surface area contributed by atoms with Gasteiger partial charge in [-0.3, -0.25) is 4.79 Å². The molecule has 0 amide bonds. The number of aromatic nitrogens is 4. The molecule has 1 N–H and O–H groups in total. The first kappa shape index (κ1) is 17.2. The van der Waals surface area contributed by atoms with E-state index in [1.807, 2.05) is 6.92 Å². The Morgan fingerprint density at radius 1 is 1.11 bits per heavy atom. The zero-order chi connectivity index (χ0) is 19.3. The second-order valence-electron chi connectivity index (χ2n) is 6.25. The monoisotopic (exact) mass is 384 g/mol. The van der Waals surface area contributed by atoms with Gasteiger partial charge in [0, 0.05) is 0 Å². The second-order valence-corrected chi connectivity index (χ2v) is 8.08. The lowest BCUT2D eigenvalue weighted by Crippen LogP contribution is -2.12. The molecule has 0 atom stereocenters. The number of benzene rings is 2. The van der Waals surface area contributed by atoms with Crippen molar-refractivity contribution in [2.75, 3.05) is 7.11 Å². The van der Waals surface area contributed by atoms with E-state index in [0.29, 0.717) is 22.2 Å². The largest absolute Gasteiger partial charge is 0.497 e. The van der Waals surface area contributed by atoms with Crippen LogP contribution >= 0.6 is 0 Å². The number of sulfone groups is 1. The highest BCUT2D eigenvalue weighted by Crippen LogP contribution is 2.26. The molecule has 2 aromatic heterocycles. The van der Waals surface area contributed by atoms with Crippen LogP contribution in [-0.4, -0.2) is 35.3 Å². The molecule has 0 aliphatic rings. The van der Waals surface area contributed by atoms with Gasteiger partial charge in [-0.25, -0.2) is 18.1 Å². The minimum atomic E-state index is -3.96. The van der Waals surface area contributed by atoms with Crippen LogP contribution < -0.4 is 10.3 Å². The lowest BCUT2D eigenvalue weighted by Gasteiger charge is -2.07. The Hall–Kier alpha value is -3.20. The molecule has 0 radical (unpaired) electrons. The van der Waals surface area contributed by atoms with E-state index in [-0.39, 0.29) is 15.6 Å². The number of aryl methyl sites for hydroxylation is 2. The van der Waals surface area contributed by atoms with E-state index in [1.54, 1.807) is 37.3 Å². The van der Waals surface area contributed by atoms with Crippen molar-refractivity contribution in [2.45, 2.75) is 23.8 Å². The van der Waals surface area contributed by atoms with E-state index in [1.165, 1.54) is 17.7 Å². The fourth-order valence-electron chi connectivity index (χ4n) is 3.10. The third-order valence-electron chi connectivity index (χ3n) is 4.41. The summed E-state index contributed by atoms with van der Waals surface area (Å²) in [6.07, 6.45) is 0. The van der Waals surface area contributed by atoms with Crippen LogP contribution in [-0.2, 0) is 9.84 Å². The number of ether oxygens (including phenoxy) is 1. The van der Waals surface area contributed by atoms with Crippen LogP contribution in [0.3, 0.4) is 0 Å². The Kier molecular flexibility index (Phi) is 3.77. The average molecular weight is 384 g/mol. The van der Waals surface area contributed by atoms with Gasteiger partial charge in [0.25, 0.3) is 5.56 Å². The first-order valence-electron chi connectivity index (χ1n) is 8.10. The molecule has 27 heavy (non-hydrogen) atoms. The summed E-state index contributed by atoms with van der Waals surface area (Å²) in [4.78, 5) is 16.6. The van der Waals surface area contributed by atoms with E-state index >= 15 is 0 Å². The zero-order valence-corrected chi connectivity index (χ0v) is 15.7. The van der Waals surface area contributed by atoms with Crippen molar-refractivity contribution in [3.8, 4) is 5.75 Å². The highest BCUT2D eigenvalue weighted by atomic mass is 32.2. The van der Waals surface area contributed by atoms with Gasteiger partial charge in [-0.05, 0) is 43.7 Å². The predicted molar refractivity (Wildman–Crippen MR) is 99.0 cm³/mol. The molecule has 0 spiro atoms. The fraction of sp³-hybridized carbons (Fsp3) is 0.167. The Morgan fingerprint density at radius 2 is 1.89 bits per heavy atom. The van der Waals surface area contributed by atoms with Gasteiger partial charge in [0.2, 0.25) is 14.9 Å². The van der Waals surface area contributed by atoms with Crippen molar-refractivity contribution in [3.63, 3.8) is 0 Å². The second kappa shape index (κ2) is 5.92.